The molecule has 1 saturated heterocycles. The highest BCUT2D eigenvalue weighted by Crippen LogP contribution is 2.32. The number of piperazine rings is 1. The van der Waals surface area contributed by atoms with E-state index in [1.54, 1.807) is 0 Å². The molecule has 1 aliphatic carbocycles. The molecule has 2 fully saturated rings. The molecule has 0 aromatic carbocycles. The van der Waals surface area contributed by atoms with Crippen LogP contribution in [0.15, 0.2) is 0 Å². The van der Waals surface area contributed by atoms with Crippen molar-refractivity contribution in [3.05, 3.63) is 0 Å². The van der Waals surface area contributed by atoms with Gasteiger partial charge >= 0.3 is 0 Å². The molecule has 0 bridgehead atoms. The van der Waals surface area contributed by atoms with E-state index in [1.807, 2.05) is 0 Å². The zero-order chi connectivity index (χ0) is 10.3. The Morgan fingerprint density at radius 1 is 1.21 bits per heavy atom. The summed E-state index contributed by atoms with van der Waals surface area (Å²) in [6.07, 6.45) is 2.86. The Balaban J connectivity index is 1.98. The minimum atomic E-state index is 0.396. The van der Waals surface area contributed by atoms with E-state index in [1.165, 1.54) is 25.9 Å². The molecule has 0 radical (unpaired) electrons. The van der Waals surface area contributed by atoms with Crippen LogP contribution in [0.3, 0.4) is 0 Å². The number of hydrogen-bond acceptors (Lipinski definition) is 2. The Hall–Kier alpha value is -0.0800. The first kappa shape index (κ1) is 10.4. The number of hydrogen-bond donors (Lipinski definition) is 1. The number of nitrogens with one attached hydrogen (secondary N) is 1. The van der Waals surface area contributed by atoms with Gasteiger partial charge < -0.3 is 5.32 Å². The summed E-state index contributed by atoms with van der Waals surface area (Å²) in [6.45, 7) is 11.8. The van der Waals surface area contributed by atoms with Crippen LogP contribution in [0.2, 0.25) is 0 Å². The molecule has 2 unspecified atom stereocenters. The smallest absolute Gasteiger partial charge is 0.0244 e. The lowest BCUT2D eigenvalue weighted by atomic mass is 9.85. The van der Waals surface area contributed by atoms with Crippen LogP contribution in [-0.4, -0.2) is 36.1 Å². The number of nitrogens with zero attached hydrogens (tertiary/aromatic N) is 1. The normalized spacial score (nSPS) is 36.0. The van der Waals surface area contributed by atoms with Crippen LogP contribution in [0.4, 0.5) is 0 Å². The minimum Gasteiger partial charge on any atom is -0.311 e. The first-order chi connectivity index (χ1) is 6.48. The fourth-order valence-electron chi connectivity index (χ4n) is 2.38. The molecule has 2 rings (SSSR count). The highest BCUT2D eigenvalue weighted by Gasteiger charge is 2.39. The van der Waals surface area contributed by atoms with E-state index in [9.17, 15) is 0 Å². The average Bonchev–Trinajstić information content (AvgIpc) is 2.85. The van der Waals surface area contributed by atoms with Gasteiger partial charge in [0.15, 0.2) is 0 Å². The lowest BCUT2D eigenvalue weighted by molar-refractivity contribution is 0.0873. The molecular weight excluding hydrogens is 172 g/mol. The van der Waals surface area contributed by atoms with Gasteiger partial charge in [-0.25, -0.2) is 0 Å². The van der Waals surface area contributed by atoms with E-state index in [2.05, 4.69) is 37.9 Å². The van der Waals surface area contributed by atoms with E-state index in [-0.39, 0.29) is 0 Å². The molecule has 1 aliphatic heterocycles. The fourth-order valence-corrected chi connectivity index (χ4v) is 2.38. The molecule has 82 valence electrons. The van der Waals surface area contributed by atoms with Crippen LogP contribution < -0.4 is 5.32 Å². The fraction of sp³-hybridized carbons (Fsp3) is 1.00. The first-order valence-electron chi connectivity index (χ1n) is 5.97. The summed E-state index contributed by atoms with van der Waals surface area (Å²) in [5, 5.41) is 3.68. The maximum atomic E-state index is 3.68. The highest BCUT2D eigenvalue weighted by atomic mass is 15.3. The lowest BCUT2D eigenvalue weighted by Gasteiger charge is -2.44. The van der Waals surface area contributed by atoms with Gasteiger partial charge in [-0.15, -0.1) is 0 Å². The summed E-state index contributed by atoms with van der Waals surface area (Å²) in [5.74, 6) is 0. The molecule has 1 N–H and O–H groups in total. The predicted octanol–water partition coefficient (Wildman–Crippen LogP) is 1.86. The third-order valence-electron chi connectivity index (χ3n) is 3.68. The third-order valence-corrected chi connectivity index (χ3v) is 3.68. The summed E-state index contributed by atoms with van der Waals surface area (Å²) in [5.41, 5.74) is 0.396. The minimum absolute atomic E-state index is 0.396. The van der Waals surface area contributed by atoms with E-state index >= 15 is 0 Å². The van der Waals surface area contributed by atoms with E-state index < -0.39 is 0 Å². The zero-order valence-corrected chi connectivity index (χ0v) is 10.0. The van der Waals surface area contributed by atoms with Gasteiger partial charge in [-0.05, 0) is 25.2 Å². The highest BCUT2D eigenvalue weighted by molar-refractivity contribution is 4.96. The SMILES string of the molecule is CC1CNC(C(C)(C)C)CN1C1CC1. The molecule has 0 amide bonds. The average molecular weight is 196 g/mol. The molecule has 2 atom stereocenters. The molecule has 0 aromatic heterocycles. The van der Waals surface area contributed by atoms with Gasteiger partial charge in [-0.3, -0.25) is 4.90 Å². The Morgan fingerprint density at radius 3 is 2.36 bits per heavy atom. The molecule has 14 heavy (non-hydrogen) atoms. The maximum absolute atomic E-state index is 3.68. The summed E-state index contributed by atoms with van der Waals surface area (Å²) in [6, 6.07) is 2.32. The maximum Gasteiger partial charge on any atom is 0.0244 e. The van der Waals surface area contributed by atoms with Gasteiger partial charge in [0, 0.05) is 31.2 Å². The third kappa shape index (κ3) is 2.12. The Morgan fingerprint density at radius 2 is 1.86 bits per heavy atom. The zero-order valence-electron chi connectivity index (χ0n) is 10.0. The van der Waals surface area contributed by atoms with Crippen molar-refractivity contribution < 1.29 is 0 Å². The first-order valence-corrected chi connectivity index (χ1v) is 5.97. The van der Waals surface area contributed by atoms with Crippen molar-refractivity contribution in [2.24, 2.45) is 5.41 Å². The van der Waals surface area contributed by atoms with Crippen LogP contribution in [0.1, 0.15) is 40.5 Å². The van der Waals surface area contributed by atoms with Crippen molar-refractivity contribution in [2.45, 2.75) is 58.7 Å². The van der Waals surface area contributed by atoms with Crippen LogP contribution in [0, 0.1) is 5.41 Å². The van der Waals surface area contributed by atoms with Crippen LogP contribution in [-0.2, 0) is 0 Å². The van der Waals surface area contributed by atoms with Crippen molar-refractivity contribution in [3.8, 4) is 0 Å². The molecule has 2 aliphatic rings. The molecule has 0 aromatic rings. The van der Waals surface area contributed by atoms with Gasteiger partial charge in [0.25, 0.3) is 0 Å². The molecule has 1 heterocycles. The van der Waals surface area contributed by atoms with Crippen LogP contribution in [0.25, 0.3) is 0 Å². The van der Waals surface area contributed by atoms with Crippen molar-refractivity contribution in [3.63, 3.8) is 0 Å². The quantitative estimate of drug-likeness (QED) is 0.688. The lowest BCUT2D eigenvalue weighted by Crippen LogP contribution is -2.59. The van der Waals surface area contributed by atoms with Crippen molar-refractivity contribution >= 4 is 0 Å². The standard InChI is InChI=1S/C12H24N2/c1-9-7-13-11(12(2,3)4)8-14(9)10-5-6-10/h9-11,13H,5-8H2,1-4H3. The van der Waals surface area contributed by atoms with Crippen molar-refractivity contribution in [1.29, 1.82) is 0 Å². The molecule has 2 heteroatoms. The Bertz CT molecular complexity index is 203. The monoisotopic (exact) mass is 196 g/mol. The Labute approximate surface area is 88.1 Å². The molecule has 2 nitrogen and oxygen atoms in total. The van der Waals surface area contributed by atoms with Gasteiger partial charge in [0.1, 0.15) is 0 Å². The summed E-state index contributed by atoms with van der Waals surface area (Å²) >= 11 is 0. The van der Waals surface area contributed by atoms with Gasteiger partial charge in [-0.2, -0.15) is 0 Å². The topological polar surface area (TPSA) is 15.3 Å². The van der Waals surface area contributed by atoms with Crippen LogP contribution in [0.5, 0.6) is 0 Å². The van der Waals surface area contributed by atoms with Crippen LogP contribution >= 0.6 is 0 Å². The summed E-state index contributed by atoms with van der Waals surface area (Å²) in [7, 11) is 0. The number of rotatable bonds is 1. The second-order valence-corrected chi connectivity index (χ2v) is 6.10. The van der Waals surface area contributed by atoms with Crippen molar-refractivity contribution in [2.75, 3.05) is 13.1 Å². The predicted molar refractivity (Wildman–Crippen MR) is 60.4 cm³/mol. The summed E-state index contributed by atoms with van der Waals surface area (Å²) < 4.78 is 0. The van der Waals surface area contributed by atoms with Gasteiger partial charge in [0.2, 0.25) is 0 Å². The van der Waals surface area contributed by atoms with Gasteiger partial charge in [0.05, 0.1) is 0 Å². The van der Waals surface area contributed by atoms with Gasteiger partial charge in [-0.1, -0.05) is 20.8 Å². The summed E-state index contributed by atoms with van der Waals surface area (Å²) in [4.78, 5) is 2.71. The Kier molecular flexibility index (Phi) is 2.61. The second-order valence-electron chi connectivity index (χ2n) is 6.10. The molecule has 0 spiro atoms. The van der Waals surface area contributed by atoms with E-state index in [0.29, 0.717) is 11.5 Å². The molecule has 1 saturated carbocycles. The second kappa shape index (κ2) is 3.49. The molecular formula is C12H24N2. The largest absolute Gasteiger partial charge is 0.311 e. The van der Waals surface area contributed by atoms with E-state index in [4.69, 9.17) is 0 Å². The van der Waals surface area contributed by atoms with Crippen molar-refractivity contribution in [1.82, 2.24) is 10.2 Å². The van der Waals surface area contributed by atoms with E-state index in [0.717, 1.165) is 12.1 Å².